The minimum Gasteiger partial charge on any atom is -0.352 e. The number of hydrogen-bond donors (Lipinski definition) is 1. The first kappa shape index (κ1) is 16.7. The van der Waals surface area contributed by atoms with Crippen LogP contribution in [-0.4, -0.2) is 58.9 Å². The molecule has 1 saturated heterocycles. The number of aromatic nitrogens is 2. The summed E-state index contributed by atoms with van der Waals surface area (Å²) in [6.07, 6.45) is 8.93. The molecule has 1 N–H and O–H groups in total. The zero-order chi connectivity index (χ0) is 16.9. The minimum atomic E-state index is -0.137. The molecule has 1 aliphatic heterocycles. The van der Waals surface area contributed by atoms with Crippen LogP contribution in [0.25, 0.3) is 0 Å². The molecule has 7 heteroatoms. The summed E-state index contributed by atoms with van der Waals surface area (Å²) in [5.41, 5.74) is 0.367. The molecule has 2 amide bonds. The first-order valence-electron chi connectivity index (χ1n) is 8.77. The molecule has 1 aromatic heterocycles. The van der Waals surface area contributed by atoms with Crippen LogP contribution in [0.5, 0.6) is 0 Å². The van der Waals surface area contributed by atoms with Crippen LogP contribution in [0.15, 0.2) is 12.4 Å². The number of rotatable bonds is 3. The van der Waals surface area contributed by atoms with Crippen molar-refractivity contribution in [2.45, 2.75) is 45.1 Å². The van der Waals surface area contributed by atoms with Crippen LogP contribution >= 0.6 is 0 Å². The fraction of sp³-hybridized carbons (Fsp3) is 0.647. The summed E-state index contributed by atoms with van der Waals surface area (Å²) < 4.78 is 0. The average Bonchev–Trinajstić information content (AvgIpc) is 2.63. The van der Waals surface area contributed by atoms with E-state index in [1.807, 2.05) is 4.90 Å². The molecule has 130 valence electrons. The number of hydrogen-bond acceptors (Lipinski definition) is 5. The van der Waals surface area contributed by atoms with Crippen molar-refractivity contribution in [1.29, 1.82) is 0 Å². The van der Waals surface area contributed by atoms with Gasteiger partial charge in [0.05, 0.1) is 12.4 Å². The van der Waals surface area contributed by atoms with Crippen LogP contribution in [0, 0.1) is 0 Å². The summed E-state index contributed by atoms with van der Waals surface area (Å²) in [5, 5.41) is 3.05. The van der Waals surface area contributed by atoms with E-state index in [1.54, 1.807) is 19.3 Å². The molecule has 2 fully saturated rings. The maximum Gasteiger partial charge on any atom is 0.271 e. The lowest BCUT2D eigenvalue weighted by atomic mass is 9.95. The zero-order valence-corrected chi connectivity index (χ0v) is 14.2. The predicted molar refractivity (Wildman–Crippen MR) is 90.8 cm³/mol. The molecule has 0 spiro atoms. The third-order valence-corrected chi connectivity index (χ3v) is 4.86. The van der Waals surface area contributed by atoms with Gasteiger partial charge >= 0.3 is 0 Å². The van der Waals surface area contributed by atoms with Gasteiger partial charge in [0.15, 0.2) is 0 Å². The highest BCUT2D eigenvalue weighted by Gasteiger charge is 2.21. The van der Waals surface area contributed by atoms with Crippen LogP contribution in [0.3, 0.4) is 0 Å². The third-order valence-electron chi connectivity index (χ3n) is 4.86. The van der Waals surface area contributed by atoms with Gasteiger partial charge in [0.2, 0.25) is 5.91 Å². The Hall–Kier alpha value is -2.18. The van der Waals surface area contributed by atoms with Crippen LogP contribution in [0.2, 0.25) is 0 Å². The summed E-state index contributed by atoms with van der Waals surface area (Å²) >= 11 is 0. The van der Waals surface area contributed by atoms with Gasteiger partial charge in [-0.05, 0) is 12.8 Å². The average molecular weight is 331 g/mol. The van der Waals surface area contributed by atoms with Crippen molar-refractivity contribution in [3.63, 3.8) is 0 Å². The molecule has 7 nitrogen and oxygen atoms in total. The number of carbonyl (C=O) groups excluding carboxylic acids is 2. The van der Waals surface area contributed by atoms with Gasteiger partial charge in [-0.15, -0.1) is 0 Å². The Kier molecular flexibility index (Phi) is 5.27. The quantitative estimate of drug-likeness (QED) is 0.901. The normalized spacial score (nSPS) is 19.2. The molecular formula is C17H25N5O2. The molecule has 0 unspecified atom stereocenters. The highest BCUT2D eigenvalue weighted by atomic mass is 16.2. The summed E-state index contributed by atoms with van der Waals surface area (Å²) in [6.45, 7) is 4.46. The molecule has 24 heavy (non-hydrogen) atoms. The van der Waals surface area contributed by atoms with Crippen LogP contribution in [0.4, 0.5) is 5.82 Å². The minimum absolute atomic E-state index is 0.107. The van der Waals surface area contributed by atoms with Gasteiger partial charge in [0, 0.05) is 39.1 Å². The Morgan fingerprint density at radius 2 is 1.75 bits per heavy atom. The topological polar surface area (TPSA) is 78.4 Å². The summed E-state index contributed by atoms with van der Waals surface area (Å²) in [7, 11) is 0. The number of piperazine rings is 1. The second-order valence-corrected chi connectivity index (χ2v) is 6.56. The second kappa shape index (κ2) is 7.59. The molecule has 1 aliphatic carbocycles. The largest absolute Gasteiger partial charge is 0.352 e. The number of nitrogens with one attached hydrogen (secondary N) is 1. The van der Waals surface area contributed by atoms with Gasteiger partial charge in [-0.2, -0.15) is 0 Å². The van der Waals surface area contributed by atoms with Crippen molar-refractivity contribution in [2.75, 3.05) is 31.1 Å². The SMILES string of the molecule is CC(=O)N1CCN(c2cnc(C(=O)NC3CCCCC3)cn2)CC1. The van der Waals surface area contributed by atoms with Crippen LogP contribution < -0.4 is 10.2 Å². The highest BCUT2D eigenvalue weighted by molar-refractivity contribution is 5.92. The first-order chi connectivity index (χ1) is 11.6. The molecule has 3 rings (SSSR count). The fourth-order valence-corrected chi connectivity index (χ4v) is 3.36. The highest BCUT2D eigenvalue weighted by Crippen LogP contribution is 2.18. The van der Waals surface area contributed by atoms with Crippen LogP contribution in [0.1, 0.15) is 49.5 Å². The molecule has 2 aliphatic rings. The standard InChI is InChI=1S/C17H25N5O2/c1-13(23)21-7-9-22(10-8-21)16-12-18-15(11-19-16)17(24)20-14-5-3-2-4-6-14/h11-12,14H,2-10H2,1H3,(H,20,24). The van der Waals surface area contributed by atoms with Gasteiger partial charge < -0.3 is 15.1 Å². The second-order valence-electron chi connectivity index (χ2n) is 6.56. The maximum atomic E-state index is 12.2. The van der Waals surface area contributed by atoms with Crippen molar-refractivity contribution >= 4 is 17.6 Å². The van der Waals surface area contributed by atoms with E-state index in [2.05, 4.69) is 20.2 Å². The predicted octanol–water partition coefficient (Wildman–Crippen LogP) is 1.21. The molecule has 0 radical (unpaired) electrons. The maximum absolute atomic E-state index is 12.2. The molecule has 2 heterocycles. The Labute approximate surface area is 142 Å². The Morgan fingerprint density at radius 3 is 2.33 bits per heavy atom. The molecule has 1 aromatic rings. The van der Waals surface area contributed by atoms with Crippen molar-refractivity contribution in [3.05, 3.63) is 18.1 Å². The molecule has 0 aromatic carbocycles. The van der Waals surface area contributed by atoms with Gasteiger partial charge in [0.1, 0.15) is 11.5 Å². The van der Waals surface area contributed by atoms with E-state index in [4.69, 9.17) is 0 Å². The number of anilines is 1. The lowest BCUT2D eigenvalue weighted by Crippen LogP contribution is -2.48. The molecule has 0 atom stereocenters. The van der Waals surface area contributed by atoms with E-state index in [1.165, 1.54) is 19.3 Å². The van der Waals surface area contributed by atoms with E-state index >= 15 is 0 Å². The Morgan fingerprint density at radius 1 is 1.04 bits per heavy atom. The lowest BCUT2D eigenvalue weighted by molar-refractivity contribution is -0.129. The Bertz CT molecular complexity index is 575. The van der Waals surface area contributed by atoms with Gasteiger partial charge in [-0.3, -0.25) is 9.59 Å². The van der Waals surface area contributed by atoms with Gasteiger partial charge in [-0.25, -0.2) is 9.97 Å². The fourth-order valence-electron chi connectivity index (χ4n) is 3.36. The monoisotopic (exact) mass is 331 g/mol. The molecule has 1 saturated carbocycles. The summed E-state index contributed by atoms with van der Waals surface area (Å²) in [5.74, 6) is 0.727. The lowest BCUT2D eigenvalue weighted by Gasteiger charge is -2.34. The molecular weight excluding hydrogens is 306 g/mol. The van der Waals surface area contributed by atoms with Crippen molar-refractivity contribution in [3.8, 4) is 0 Å². The van der Waals surface area contributed by atoms with E-state index < -0.39 is 0 Å². The van der Waals surface area contributed by atoms with Crippen molar-refractivity contribution in [2.24, 2.45) is 0 Å². The van der Waals surface area contributed by atoms with Gasteiger partial charge in [-0.1, -0.05) is 19.3 Å². The van der Waals surface area contributed by atoms with Crippen molar-refractivity contribution < 1.29 is 9.59 Å². The van der Waals surface area contributed by atoms with Crippen molar-refractivity contribution in [1.82, 2.24) is 20.2 Å². The van der Waals surface area contributed by atoms with Gasteiger partial charge in [0.25, 0.3) is 5.91 Å². The summed E-state index contributed by atoms with van der Waals surface area (Å²) in [6, 6.07) is 0.271. The third kappa shape index (κ3) is 4.01. The zero-order valence-electron chi connectivity index (χ0n) is 14.2. The van der Waals surface area contributed by atoms with E-state index in [0.29, 0.717) is 18.8 Å². The smallest absolute Gasteiger partial charge is 0.271 e. The first-order valence-corrected chi connectivity index (χ1v) is 8.77. The van der Waals surface area contributed by atoms with Crippen LogP contribution in [-0.2, 0) is 4.79 Å². The molecule has 0 bridgehead atoms. The van der Waals surface area contributed by atoms with E-state index in [9.17, 15) is 9.59 Å². The number of amides is 2. The summed E-state index contributed by atoms with van der Waals surface area (Å²) in [4.78, 5) is 36.2. The van der Waals surface area contributed by atoms with E-state index in [0.717, 1.165) is 31.7 Å². The van der Waals surface area contributed by atoms with E-state index in [-0.39, 0.29) is 17.9 Å². The number of carbonyl (C=O) groups is 2. The number of nitrogens with zero attached hydrogens (tertiary/aromatic N) is 4. The Balaban J connectivity index is 1.55.